The minimum absolute atomic E-state index is 0.0249. The number of pyridine rings is 2. The second kappa shape index (κ2) is 8.76. The van der Waals surface area contributed by atoms with Gasteiger partial charge in [0, 0.05) is 43.6 Å². The van der Waals surface area contributed by atoms with Crippen LogP contribution in [0.4, 0.5) is 22.5 Å². The topological polar surface area (TPSA) is 100 Å². The summed E-state index contributed by atoms with van der Waals surface area (Å²) in [4.78, 5) is 31.2. The Morgan fingerprint density at radius 3 is 2.76 bits per heavy atom. The molecule has 5 rings (SSSR count). The van der Waals surface area contributed by atoms with Gasteiger partial charge >= 0.3 is 0 Å². The van der Waals surface area contributed by atoms with Crippen LogP contribution in [0.5, 0.6) is 0 Å². The van der Waals surface area contributed by atoms with E-state index in [4.69, 9.17) is 10.7 Å². The molecule has 1 aliphatic heterocycles. The van der Waals surface area contributed by atoms with Gasteiger partial charge in [-0.25, -0.2) is 15.0 Å². The summed E-state index contributed by atoms with van der Waals surface area (Å²) >= 11 is 1.45. The molecule has 1 fully saturated rings. The van der Waals surface area contributed by atoms with E-state index in [1.807, 2.05) is 24.1 Å². The number of rotatable bonds is 5. The van der Waals surface area contributed by atoms with E-state index < -0.39 is 0 Å². The van der Waals surface area contributed by atoms with Gasteiger partial charge in [-0.2, -0.15) is 0 Å². The van der Waals surface area contributed by atoms with Gasteiger partial charge in [0.25, 0.3) is 5.91 Å². The Balaban J connectivity index is 1.34. The van der Waals surface area contributed by atoms with E-state index in [2.05, 4.69) is 46.5 Å². The summed E-state index contributed by atoms with van der Waals surface area (Å²) in [6.07, 6.45) is 2.47. The Kier molecular flexibility index (Phi) is 5.65. The van der Waals surface area contributed by atoms with Crippen molar-refractivity contribution in [1.29, 1.82) is 0 Å². The summed E-state index contributed by atoms with van der Waals surface area (Å²) in [5, 5.41) is 3.90. The zero-order chi connectivity index (χ0) is 22.9. The van der Waals surface area contributed by atoms with Crippen LogP contribution in [-0.2, 0) is 0 Å². The van der Waals surface area contributed by atoms with Crippen LogP contribution in [0.3, 0.4) is 0 Å². The van der Waals surface area contributed by atoms with Gasteiger partial charge in [-0.05, 0) is 49.7 Å². The zero-order valence-electron chi connectivity index (χ0n) is 18.5. The number of nitrogens with one attached hydrogen (secondary N) is 1. The summed E-state index contributed by atoms with van der Waals surface area (Å²) < 4.78 is 0. The zero-order valence-corrected chi connectivity index (χ0v) is 19.3. The molecule has 0 saturated carbocycles. The minimum Gasteiger partial charge on any atom is -0.337 e. The average molecular weight is 460 g/mol. The Hall–Kier alpha value is -3.56. The highest BCUT2D eigenvalue weighted by atomic mass is 32.1. The highest BCUT2D eigenvalue weighted by Gasteiger charge is 2.24. The van der Waals surface area contributed by atoms with Crippen LogP contribution in [0, 0.1) is 6.92 Å². The molecule has 0 spiro atoms. The van der Waals surface area contributed by atoms with E-state index in [1.54, 1.807) is 23.2 Å². The smallest absolute Gasteiger partial charge is 0.254 e. The van der Waals surface area contributed by atoms with Crippen molar-refractivity contribution in [2.24, 2.45) is 5.73 Å². The second-order valence-corrected chi connectivity index (χ2v) is 9.24. The van der Waals surface area contributed by atoms with E-state index in [0.717, 1.165) is 28.3 Å². The Morgan fingerprint density at radius 2 is 2.00 bits per heavy atom. The fourth-order valence-electron chi connectivity index (χ4n) is 3.84. The predicted octanol–water partition coefficient (Wildman–Crippen LogP) is 4.08. The molecule has 4 aromatic rings. The molecule has 33 heavy (non-hydrogen) atoms. The fraction of sp³-hybridized carbons (Fsp3) is 0.250. The van der Waals surface area contributed by atoms with E-state index in [-0.39, 0.29) is 11.9 Å². The van der Waals surface area contributed by atoms with Crippen LogP contribution in [0.15, 0.2) is 54.7 Å². The van der Waals surface area contributed by atoms with Crippen molar-refractivity contribution in [3.05, 3.63) is 65.9 Å². The van der Waals surface area contributed by atoms with Crippen molar-refractivity contribution < 1.29 is 4.79 Å². The maximum absolute atomic E-state index is 12.8. The second-order valence-electron chi connectivity index (χ2n) is 8.26. The van der Waals surface area contributed by atoms with Gasteiger partial charge < -0.3 is 20.9 Å². The first-order chi connectivity index (χ1) is 16.0. The largest absolute Gasteiger partial charge is 0.337 e. The maximum atomic E-state index is 12.8. The van der Waals surface area contributed by atoms with Crippen molar-refractivity contribution in [3.63, 3.8) is 0 Å². The number of carbonyl (C=O) groups is 1. The molecule has 0 bridgehead atoms. The van der Waals surface area contributed by atoms with E-state index in [1.165, 1.54) is 16.9 Å². The number of hydrogen-bond donors (Lipinski definition) is 2. The molecule has 0 aliphatic carbocycles. The number of benzene rings is 1. The maximum Gasteiger partial charge on any atom is 0.254 e. The lowest BCUT2D eigenvalue weighted by Gasteiger charge is -2.18. The summed E-state index contributed by atoms with van der Waals surface area (Å²) in [6, 6.07) is 15.8. The van der Waals surface area contributed by atoms with Gasteiger partial charge in [-0.1, -0.05) is 29.0 Å². The van der Waals surface area contributed by atoms with Gasteiger partial charge in [-0.15, -0.1) is 0 Å². The number of aromatic nitrogens is 3. The molecule has 168 valence electrons. The predicted molar refractivity (Wildman–Crippen MR) is 133 cm³/mol. The Morgan fingerprint density at radius 1 is 1.18 bits per heavy atom. The van der Waals surface area contributed by atoms with Crippen LogP contribution in [0.25, 0.3) is 10.3 Å². The number of carbonyl (C=O) groups excluding carboxylic acids is 1. The summed E-state index contributed by atoms with van der Waals surface area (Å²) in [6.45, 7) is 3.35. The number of nitrogens with zero attached hydrogens (tertiary/aromatic N) is 5. The van der Waals surface area contributed by atoms with Crippen LogP contribution in [-0.4, -0.2) is 51.9 Å². The van der Waals surface area contributed by atoms with E-state index in [9.17, 15) is 4.79 Å². The molecule has 1 saturated heterocycles. The van der Waals surface area contributed by atoms with Gasteiger partial charge in [0.15, 0.2) is 5.13 Å². The number of thiazole rings is 1. The van der Waals surface area contributed by atoms with Gasteiger partial charge in [0.05, 0.1) is 0 Å². The molecule has 0 unspecified atom stereocenters. The molecule has 1 aliphatic rings. The van der Waals surface area contributed by atoms with Crippen molar-refractivity contribution >= 4 is 50.0 Å². The van der Waals surface area contributed by atoms with Crippen LogP contribution in [0.1, 0.15) is 22.3 Å². The number of aryl methyl sites for hydroxylation is 1. The molecule has 1 amide bonds. The average Bonchev–Trinajstić information content (AvgIpc) is 3.43. The number of likely N-dealkylation sites (tertiary alicyclic amines) is 1. The molecule has 9 heteroatoms. The third-order valence-corrected chi connectivity index (χ3v) is 6.64. The Labute approximate surface area is 196 Å². The fourth-order valence-corrected chi connectivity index (χ4v) is 4.68. The third-order valence-electron chi connectivity index (χ3n) is 5.76. The normalized spacial score (nSPS) is 15.7. The quantitative estimate of drug-likeness (QED) is 0.464. The molecule has 1 atom stereocenters. The lowest BCUT2D eigenvalue weighted by atomic mass is 10.2. The van der Waals surface area contributed by atoms with Gasteiger partial charge in [0.1, 0.15) is 22.0 Å². The van der Waals surface area contributed by atoms with Gasteiger partial charge in [0.2, 0.25) is 0 Å². The number of hydrogen-bond acceptors (Lipinski definition) is 8. The van der Waals surface area contributed by atoms with Crippen LogP contribution < -0.4 is 16.0 Å². The molecule has 0 radical (unpaired) electrons. The molecule has 8 nitrogen and oxygen atoms in total. The lowest BCUT2D eigenvalue weighted by molar-refractivity contribution is 0.0791. The first-order valence-electron chi connectivity index (χ1n) is 10.8. The lowest BCUT2D eigenvalue weighted by Crippen LogP contribution is -2.31. The van der Waals surface area contributed by atoms with Crippen molar-refractivity contribution in [1.82, 2.24) is 19.9 Å². The minimum atomic E-state index is -0.0249. The number of fused-ring (bicyclic) bond motifs is 1. The number of nitrogens with two attached hydrogens (primary N) is 1. The van der Waals surface area contributed by atoms with E-state index >= 15 is 0 Å². The van der Waals surface area contributed by atoms with E-state index in [0.29, 0.717) is 29.6 Å². The summed E-state index contributed by atoms with van der Waals surface area (Å²) in [7, 11) is 2.00. The molecule has 1 aromatic carbocycles. The first-order valence-corrected chi connectivity index (χ1v) is 11.6. The Bertz CT molecular complexity index is 1300. The molecule has 4 heterocycles. The monoisotopic (exact) mass is 459 g/mol. The number of amides is 1. The molecule has 3 N–H and O–H groups in total. The van der Waals surface area contributed by atoms with Crippen molar-refractivity contribution in [3.8, 4) is 0 Å². The van der Waals surface area contributed by atoms with Crippen LogP contribution >= 0.6 is 11.3 Å². The molecular weight excluding hydrogens is 434 g/mol. The molecule has 3 aromatic heterocycles. The van der Waals surface area contributed by atoms with Crippen molar-refractivity contribution in [2.75, 3.05) is 30.4 Å². The summed E-state index contributed by atoms with van der Waals surface area (Å²) in [5.74, 6) is 1.39. The van der Waals surface area contributed by atoms with Crippen molar-refractivity contribution in [2.45, 2.75) is 19.4 Å². The third kappa shape index (κ3) is 4.50. The highest BCUT2D eigenvalue weighted by molar-refractivity contribution is 7.21. The van der Waals surface area contributed by atoms with Crippen LogP contribution in [0.2, 0.25) is 0 Å². The standard InChI is InChI=1S/C24H25N7OS/c1-15-3-5-18(6-4-15)30(2)21-8-7-19-22(29-21)33-24(27-19)28-20-13-16(9-11-26-20)23(32)31-12-10-17(25)14-31/h3-9,11,13,17H,10,12,14,25H2,1-2H3,(H,26,27,28)/t17-/m1/s1. The molecular formula is C24H25N7OS. The van der Waals surface area contributed by atoms with Gasteiger partial charge in [-0.3, -0.25) is 4.79 Å². The number of anilines is 4. The summed E-state index contributed by atoms with van der Waals surface area (Å²) in [5.41, 5.74) is 9.63. The highest BCUT2D eigenvalue weighted by Crippen LogP contribution is 2.30. The SMILES string of the molecule is Cc1ccc(N(C)c2ccc3nc(Nc4cc(C(=O)N5CC[C@@H](N)C5)ccn4)sc3n2)cc1. The first kappa shape index (κ1) is 21.3.